The second-order valence-corrected chi connectivity index (χ2v) is 6.39. The number of hydrogen-bond acceptors (Lipinski definition) is 4. The first kappa shape index (κ1) is 14.2. The van der Waals surface area contributed by atoms with E-state index in [-0.39, 0.29) is 5.69 Å². The van der Waals surface area contributed by atoms with Gasteiger partial charge in [0.15, 0.2) is 0 Å². The molecule has 0 bridgehead atoms. The van der Waals surface area contributed by atoms with Crippen LogP contribution in [-0.4, -0.2) is 25.7 Å². The molecule has 0 radical (unpaired) electrons. The lowest BCUT2D eigenvalue weighted by Crippen LogP contribution is -2.45. The fourth-order valence-electron chi connectivity index (χ4n) is 2.32. The summed E-state index contributed by atoms with van der Waals surface area (Å²) in [7, 11) is -4.06. The maximum atomic E-state index is 13.6. The zero-order valence-electron chi connectivity index (χ0n) is 10.3. The van der Waals surface area contributed by atoms with E-state index in [9.17, 15) is 17.9 Å². The number of hydrogen-bond donors (Lipinski definition) is 3. The molecule has 4 N–H and O–H groups in total. The maximum absolute atomic E-state index is 13.6. The molecule has 0 aliphatic heterocycles. The standard InChI is InChI=1S/C12H17FN2O3S/c13-8-4-3-5-9(14)12(8)19(17,18)15-10-6-1-2-7-11(10)16/h3-5,10-11,15-16H,1-2,6-7,14H2/t10-,11-/m1/s1. The Hall–Kier alpha value is -1.18. The molecule has 1 aliphatic rings. The predicted octanol–water partition coefficient (Wildman–Crippen LogP) is 0.990. The van der Waals surface area contributed by atoms with Crippen LogP contribution in [0.5, 0.6) is 0 Å². The molecule has 0 amide bonds. The van der Waals surface area contributed by atoms with Crippen LogP contribution in [0.3, 0.4) is 0 Å². The normalized spacial score (nSPS) is 24.3. The van der Waals surface area contributed by atoms with Crippen LogP contribution >= 0.6 is 0 Å². The smallest absolute Gasteiger partial charge is 0.245 e. The number of aliphatic hydroxyl groups excluding tert-OH is 1. The highest BCUT2D eigenvalue weighted by molar-refractivity contribution is 7.89. The van der Waals surface area contributed by atoms with E-state index in [0.717, 1.165) is 18.9 Å². The van der Waals surface area contributed by atoms with E-state index in [1.54, 1.807) is 0 Å². The molecule has 0 saturated heterocycles. The van der Waals surface area contributed by atoms with Crippen LogP contribution in [0.4, 0.5) is 10.1 Å². The number of rotatable bonds is 3. The molecule has 106 valence electrons. The van der Waals surface area contributed by atoms with Crippen LogP contribution < -0.4 is 10.5 Å². The highest BCUT2D eigenvalue weighted by atomic mass is 32.2. The van der Waals surface area contributed by atoms with Crippen molar-refractivity contribution in [3.63, 3.8) is 0 Å². The molecule has 1 fully saturated rings. The lowest BCUT2D eigenvalue weighted by atomic mass is 9.93. The summed E-state index contributed by atoms with van der Waals surface area (Å²) >= 11 is 0. The third kappa shape index (κ3) is 3.05. The zero-order valence-corrected chi connectivity index (χ0v) is 11.2. The number of nitrogens with two attached hydrogens (primary N) is 1. The fraction of sp³-hybridized carbons (Fsp3) is 0.500. The first-order valence-electron chi connectivity index (χ1n) is 6.16. The fourth-order valence-corrected chi connectivity index (χ4v) is 3.81. The van der Waals surface area contributed by atoms with Crippen molar-refractivity contribution >= 4 is 15.7 Å². The Morgan fingerprint density at radius 3 is 2.63 bits per heavy atom. The Morgan fingerprint density at radius 1 is 1.32 bits per heavy atom. The van der Waals surface area contributed by atoms with Crippen LogP contribution in [0.25, 0.3) is 0 Å². The lowest BCUT2D eigenvalue weighted by molar-refractivity contribution is 0.101. The molecular formula is C12H17FN2O3S. The summed E-state index contributed by atoms with van der Waals surface area (Å²) in [5, 5.41) is 9.77. The van der Waals surface area contributed by atoms with Crippen LogP contribution in [0.1, 0.15) is 25.7 Å². The molecule has 2 atom stereocenters. The van der Waals surface area contributed by atoms with Crippen molar-refractivity contribution in [1.29, 1.82) is 0 Å². The molecule has 1 aromatic rings. The lowest BCUT2D eigenvalue weighted by Gasteiger charge is -2.28. The Morgan fingerprint density at radius 2 is 2.00 bits per heavy atom. The highest BCUT2D eigenvalue weighted by Gasteiger charge is 2.30. The van der Waals surface area contributed by atoms with Crippen molar-refractivity contribution in [3.05, 3.63) is 24.0 Å². The van der Waals surface area contributed by atoms with Crippen molar-refractivity contribution < 1.29 is 17.9 Å². The first-order chi connectivity index (χ1) is 8.92. The molecule has 2 rings (SSSR count). The summed E-state index contributed by atoms with van der Waals surface area (Å²) < 4.78 is 40.3. The number of sulfonamides is 1. The molecule has 1 aliphatic carbocycles. The van der Waals surface area contributed by atoms with Crippen molar-refractivity contribution in [2.75, 3.05) is 5.73 Å². The molecule has 0 heterocycles. The van der Waals surface area contributed by atoms with Gasteiger partial charge in [-0.1, -0.05) is 18.9 Å². The van der Waals surface area contributed by atoms with Gasteiger partial charge in [0.05, 0.1) is 11.8 Å². The van der Waals surface area contributed by atoms with Gasteiger partial charge in [-0.3, -0.25) is 0 Å². The van der Waals surface area contributed by atoms with E-state index in [1.165, 1.54) is 12.1 Å². The Labute approximate surface area is 111 Å². The zero-order chi connectivity index (χ0) is 14.0. The van der Waals surface area contributed by atoms with Gasteiger partial charge in [0.1, 0.15) is 10.7 Å². The summed E-state index contributed by atoms with van der Waals surface area (Å²) in [4.78, 5) is -0.548. The largest absolute Gasteiger partial charge is 0.398 e. The minimum Gasteiger partial charge on any atom is -0.398 e. The van der Waals surface area contributed by atoms with Gasteiger partial charge in [0.25, 0.3) is 0 Å². The summed E-state index contributed by atoms with van der Waals surface area (Å²) in [5.41, 5.74) is 5.38. The van der Waals surface area contributed by atoms with Gasteiger partial charge in [-0.2, -0.15) is 0 Å². The van der Waals surface area contributed by atoms with E-state index < -0.39 is 32.9 Å². The van der Waals surface area contributed by atoms with Gasteiger partial charge >= 0.3 is 0 Å². The number of anilines is 1. The maximum Gasteiger partial charge on any atom is 0.245 e. The molecule has 0 spiro atoms. The quantitative estimate of drug-likeness (QED) is 0.723. The van der Waals surface area contributed by atoms with Crippen LogP contribution in [-0.2, 0) is 10.0 Å². The molecule has 1 saturated carbocycles. The number of nitrogens with one attached hydrogen (secondary N) is 1. The first-order valence-corrected chi connectivity index (χ1v) is 7.64. The van der Waals surface area contributed by atoms with Crippen LogP contribution in [0, 0.1) is 5.82 Å². The van der Waals surface area contributed by atoms with Crippen molar-refractivity contribution in [2.24, 2.45) is 0 Å². The van der Waals surface area contributed by atoms with Crippen molar-refractivity contribution in [2.45, 2.75) is 42.7 Å². The van der Waals surface area contributed by atoms with Gasteiger partial charge in [-0.05, 0) is 25.0 Å². The Balaban J connectivity index is 2.27. The summed E-state index contributed by atoms with van der Waals surface area (Å²) in [6.07, 6.45) is 2.03. The van der Waals surface area contributed by atoms with E-state index >= 15 is 0 Å². The monoisotopic (exact) mass is 288 g/mol. The molecule has 7 heteroatoms. The minimum atomic E-state index is -4.06. The Bertz CT molecular complexity index is 542. The van der Waals surface area contributed by atoms with E-state index in [2.05, 4.69) is 4.72 Å². The third-order valence-electron chi connectivity index (χ3n) is 3.30. The SMILES string of the molecule is Nc1cccc(F)c1S(=O)(=O)N[C@@H]1CCCC[C@H]1O. The highest BCUT2D eigenvalue weighted by Crippen LogP contribution is 2.24. The summed E-state index contributed by atoms with van der Waals surface area (Å²) in [6, 6.07) is 3.13. The molecule has 5 nitrogen and oxygen atoms in total. The van der Waals surface area contributed by atoms with Gasteiger partial charge in [-0.15, -0.1) is 0 Å². The van der Waals surface area contributed by atoms with Gasteiger partial charge in [0, 0.05) is 6.04 Å². The van der Waals surface area contributed by atoms with Crippen molar-refractivity contribution in [3.8, 4) is 0 Å². The van der Waals surface area contributed by atoms with Gasteiger partial charge < -0.3 is 10.8 Å². The summed E-state index contributed by atoms with van der Waals surface area (Å²) in [5.74, 6) is -0.891. The van der Waals surface area contributed by atoms with Gasteiger partial charge in [-0.25, -0.2) is 17.5 Å². The molecule has 1 aromatic carbocycles. The van der Waals surface area contributed by atoms with Crippen LogP contribution in [0.15, 0.2) is 23.1 Å². The molecule has 0 aromatic heterocycles. The average molecular weight is 288 g/mol. The predicted molar refractivity (Wildman–Crippen MR) is 69.4 cm³/mol. The molecule has 19 heavy (non-hydrogen) atoms. The average Bonchev–Trinajstić information content (AvgIpc) is 2.31. The second-order valence-electron chi connectivity index (χ2n) is 4.74. The third-order valence-corrected chi connectivity index (χ3v) is 4.88. The number of aliphatic hydroxyl groups is 1. The van der Waals surface area contributed by atoms with E-state index in [0.29, 0.717) is 12.8 Å². The number of halogens is 1. The Kier molecular flexibility index (Phi) is 4.07. The number of nitrogen functional groups attached to an aromatic ring is 1. The number of benzene rings is 1. The minimum absolute atomic E-state index is 0.141. The second kappa shape index (κ2) is 5.44. The van der Waals surface area contributed by atoms with Gasteiger partial charge in [0.2, 0.25) is 10.0 Å². The van der Waals surface area contributed by atoms with Crippen molar-refractivity contribution in [1.82, 2.24) is 4.72 Å². The topological polar surface area (TPSA) is 92.4 Å². The van der Waals surface area contributed by atoms with E-state index in [4.69, 9.17) is 5.73 Å². The van der Waals surface area contributed by atoms with Crippen LogP contribution in [0.2, 0.25) is 0 Å². The van der Waals surface area contributed by atoms with E-state index in [1.807, 2.05) is 0 Å². The molecule has 0 unspecified atom stereocenters. The summed E-state index contributed by atoms with van der Waals surface area (Å²) in [6.45, 7) is 0. The molecular weight excluding hydrogens is 271 g/mol.